The van der Waals surface area contributed by atoms with Gasteiger partial charge in [0.15, 0.2) is 0 Å². The predicted octanol–water partition coefficient (Wildman–Crippen LogP) is 1.60. The average molecular weight is 258 g/mol. The fourth-order valence-corrected chi connectivity index (χ4v) is 1.14. The maximum Gasteiger partial charge on any atom is 0.417 e. The van der Waals surface area contributed by atoms with Crippen molar-refractivity contribution in [2.75, 3.05) is 5.32 Å². The number of hydrogen-bond donors (Lipinski definition) is 2. The van der Waals surface area contributed by atoms with Crippen molar-refractivity contribution in [3.63, 3.8) is 0 Å². The summed E-state index contributed by atoms with van der Waals surface area (Å²) in [5.41, 5.74) is -2.21. The van der Waals surface area contributed by atoms with E-state index in [1.54, 1.807) is 5.32 Å². The van der Waals surface area contributed by atoms with E-state index in [4.69, 9.17) is 10.4 Å². The van der Waals surface area contributed by atoms with Crippen molar-refractivity contribution in [1.82, 2.24) is 0 Å². The van der Waals surface area contributed by atoms with Gasteiger partial charge in [0.05, 0.1) is 17.2 Å². The number of alkyl halides is 3. The number of carbonyl (C=O) groups excluding carboxylic acids is 1. The molecule has 0 aliphatic rings. The number of carbonyl (C=O) groups is 2. The molecule has 0 aliphatic heterocycles. The molecule has 1 amide bonds. The lowest BCUT2D eigenvalue weighted by molar-refractivity contribution is -0.147. The van der Waals surface area contributed by atoms with Crippen LogP contribution in [0.1, 0.15) is 11.1 Å². The molecule has 94 valence electrons. The summed E-state index contributed by atoms with van der Waals surface area (Å²) >= 11 is 0. The van der Waals surface area contributed by atoms with E-state index in [1.165, 1.54) is 6.07 Å². The van der Waals surface area contributed by atoms with Crippen LogP contribution in [0.4, 0.5) is 18.9 Å². The molecule has 0 saturated carbocycles. The highest BCUT2D eigenvalue weighted by Gasteiger charge is 2.34. The first-order valence-electron chi connectivity index (χ1n) is 4.41. The second-order valence-electron chi connectivity index (χ2n) is 3.13. The normalized spacial score (nSPS) is 10.6. The molecule has 0 fully saturated rings. The van der Waals surface area contributed by atoms with Crippen molar-refractivity contribution in [3.05, 3.63) is 29.3 Å². The quantitative estimate of drug-likeness (QED) is 0.748. The van der Waals surface area contributed by atoms with Crippen LogP contribution >= 0.6 is 0 Å². The number of aliphatic carboxylic acids is 1. The molecule has 5 nitrogen and oxygen atoms in total. The third-order valence-electron chi connectivity index (χ3n) is 1.90. The number of carboxylic acids is 1. The van der Waals surface area contributed by atoms with Gasteiger partial charge in [-0.2, -0.15) is 18.4 Å². The standard InChI is InChI=1S/C10H5F3N2O3/c11-10(12,13)7-3-6(2-1-5(7)4-14)15-8(16)9(17)18/h1-3H,(H,15,16)(H,17,18). The Morgan fingerprint density at radius 2 is 1.94 bits per heavy atom. The van der Waals surface area contributed by atoms with Crippen LogP contribution in [0.3, 0.4) is 0 Å². The summed E-state index contributed by atoms with van der Waals surface area (Å²) in [5.74, 6) is -3.29. The fraction of sp³-hybridized carbons (Fsp3) is 0.100. The van der Waals surface area contributed by atoms with E-state index in [0.717, 1.165) is 12.1 Å². The van der Waals surface area contributed by atoms with E-state index < -0.39 is 29.2 Å². The Kier molecular flexibility index (Phi) is 3.56. The summed E-state index contributed by atoms with van der Waals surface area (Å²) in [6.07, 6.45) is -4.77. The molecule has 0 unspecified atom stereocenters. The van der Waals surface area contributed by atoms with Gasteiger partial charge in [-0.05, 0) is 18.2 Å². The van der Waals surface area contributed by atoms with Crippen LogP contribution < -0.4 is 5.32 Å². The van der Waals surface area contributed by atoms with Crippen molar-refractivity contribution in [2.24, 2.45) is 0 Å². The number of nitrogens with zero attached hydrogens (tertiary/aromatic N) is 1. The molecule has 0 spiro atoms. The molecule has 2 N–H and O–H groups in total. The molecule has 0 atom stereocenters. The Morgan fingerprint density at radius 1 is 1.33 bits per heavy atom. The van der Waals surface area contributed by atoms with Crippen LogP contribution in [0, 0.1) is 11.3 Å². The molecule has 0 aliphatic carbocycles. The van der Waals surface area contributed by atoms with Gasteiger partial charge in [0, 0.05) is 5.69 Å². The SMILES string of the molecule is N#Cc1ccc(NC(=O)C(=O)O)cc1C(F)(F)F. The molecule has 0 saturated heterocycles. The lowest BCUT2D eigenvalue weighted by Gasteiger charge is -2.10. The highest BCUT2D eigenvalue weighted by atomic mass is 19.4. The van der Waals surface area contributed by atoms with Gasteiger partial charge in [0.25, 0.3) is 0 Å². The van der Waals surface area contributed by atoms with Crippen LogP contribution in [-0.4, -0.2) is 17.0 Å². The molecule has 0 aromatic heterocycles. The van der Waals surface area contributed by atoms with Crippen molar-refractivity contribution in [3.8, 4) is 6.07 Å². The molecule has 0 bridgehead atoms. The first-order valence-corrected chi connectivity index (χ1v) is 4.41. The zero-order valence-corrected chi connectivity index (χ0v) is 8.58. The molecule has 1 aromatic rings. The number of nitriles is 1. The largest absolute Gasteiger partial charge is 0.474 e. The molecular formula is C10H5F3N2O3. The van der Waals surface area contributed by atoms with E-state index in [2.05, 4.69) is 0 Å². The molecule has 18 heavy (non-hydrogen) atoms. The van der Waals surface area contributed by atoms with Crippen LogP contribution in [0.2, 0.25) is 0 Å². The minimum Gasteiger partial charge on any atom is -0.474 e. The lowest BCUT2D eigenvalue weighted by Crippen LogP contribution is -2.22. The van der Waals surface area contributed by atoms with E-state index in [9.17, 15) is 22.8 Å². The maximum atomic E-state index is 12.5. The van der Waals surface area contributed by atoms with Crippen LogP contribution in [0.25, 0.3) is 0 Å². The predicted molar refractivity (Wildman–Crippen MR) is 52.4 cm³/mol. The second-order valence-corrected chi connectivity index (χ2v) is 3.13. The Hall–Kier alpha value is -2.56. The Labute approximate surface area is 98.4 Å². The topological polar surface area (TPSA) is 90.2 Å². The van der Waals surface area contributed by atoms with Gasteiger partial charge in [-0.15, -0.1) is 0 Å². The summed E-state index contributed by atoms with van der Waals surface area (Å²) in [4.78, 5) is 21.0. The third-order valence-corrected chi connectivity index (χ3v) is 1.90. The van der Waals surface area contributed by atoms with E-state index in [0.29, 0.717) is 6.07 Å². The van der Waals surface area contributed by atoms with Crippen molar-refractivity contribution in [1.29, 1.82) is 5.26 Å². The molecule has 1 aromatic carbocycles. The summed E-state index contributed by atoms with van der Waals surface area (Å²) in [6.45, 7) is 0. The Bertz CT molecular complexity index is 546. The average Bonchev–Trinajstić information content (AvgIpc) is 2.27. The van der Waals surface area contributed by atoms with Gasteiger partial charge in [0.1, 0.15) is 0 Å². The maximum absolute atomic E-state index is 12.5. The Balaban J connectivity index is 3.16. The summed E-state index contributed by atoms with van der Waals surface area (Å²) in [7, 11) is 0. The second kappa shape index (κ2) is 4.75. The van der Waals surface area contributed by atoms with E-state index >= 15 is 0 Å². The number of amides is 1. The molecule has 0 heterocycles. The number of anilines is 1. The van der Waals surface area contributed by atoms with Crippen molar-refractivity contribution < 1.29 is 27.9 Å². The fourth-order valence-electron chi connectivity index (χ4n) is 1.14. The first kappa shape index (κ1) is 13.5. The molecule has 8 heteroatoms. The van der Waals surface area contributed by atoms with Crippen molar-refractivity contribution >= 4 is 17.6 Å². The van der Waals surface area contributed by atoms with Gasteiger partial charge in [0.2, 0.25) is 0 Å². The minimum absolute atomic E-state index is 0.353. The third kappa shape index (κ3) is 2.98. The summed E-state index contributed by atoms with van der Waals surface area (Å²) in [6, 6.07) is 3.71. The molecule has 0 radical (unpaired) electrons. The zero-order chi connectivity index (χ0) is 13.9. The number of benzene rings is 1. The number of carboxylic acid groups (broad SMARTS) is 1. The van der Waals surface area contributed by atoms with Gasteiger partial charge >= 0.3 is 18.1 Å². The molecular weight excluding hydrogens is 253 g/mol. The number of halogens is 3. The van der Waals surface area contributed by atoms with Crippen molar-refractivity contribution in [2.45, 2.75) is 6.18 Å². The van der Waals surface area contributed by atoms with Gasteiger partial charge in [-0.1, -0.05) is 0 Å². The van der Waals surface area contributed by atoms with E-state index in [-0.39, 0.29) is 5.69 Å². The van der Waals surface area contributed by atoms with E-state index in [1.807, 2.05) is 0 Å². The lowest BCUT2D eigenvalue weighted by atomic mass is 10.1. The number of hydrogen-bond acceptors (Lipinski definition) is 3. The highest BCUT2D eigenvalue weighted by Crippen LogP contribution is 2.33. The van der Waals surface area contributed by atoms with Gasteiger partial charge in [-0.25, -0.2) is 4.79 Å². The first-order chi connectivity index (χ1) is 8.25. The number of nitrogens with one attached hydrogen (secondary N) is 1. The van der Waals surface area contributed by atoms with Crippen LogP contribution in [0.15, 0.2) is 18.2 Å². The monoisotopic (exact) mass is 258 g/mol. The zero-order valence-electron chi connectivity index (χ0n) is 8.58. The Morgan fingerprint density at radius 3 is 2.39 bits per heavy atom. The molecule has 1 rings (SSSR count). The smallest absolute Gasteiger partial charge is 0.417 e. The van der Waals surface area contributed by atoms with Crippen LogP contribution in [0.5, 0.6) is 0 Å². The van der Waals surface area contributed by atoms with Gasteiger partial charge < -0.3 is 10.4 Å². The highest BCUT2D eigenvalue weighted by molar-refractivity contribution is 6.36. The summed E-state index contributed by atoms with van der Waals surface area (Å²) < 4.78 is 37.6. The summed E-state index contributed by atoms with van der Waals surface area (Å²) in [5, 5.41) is 18.6. The minimum atomic E-state index is -4.77. The number of rotatable bonds is 1. The van der Waals surface area contributed by atoms with Crippen LogP contribution in [-0.2, 0) is 15.8 Å². The van der Waals surface area contributed by atoms with Gasteiger partial charge in [-0.3, -0.25) is 4.79 Å².